The third-order valence-electron chi connectivity index (χ3n) is 5.05. The summed E-state index contributed by atoms with van der Waals surface area (Å²) in [5.41, 5.74) is 0.835. The molecule has 0 unspecified atom stereocenters. The van der Waals surface area contributed by atoms with Crippen molar-refractivity contribution in [2.75, 3.05) is 14.2 Å². The Labute approximate surface area is 147 Å². The Bertz CT molecular complexity index is 561. The summed E-state index contributed by atoms with van der Waals surface area (Å²) in [6.07, 6.45) is 0.518. The van der Waals surface area contributed by atoms with Crippen molar-refractivity contribution in [3.05, 3.63) is 23.8 Å². The molecule has 0 N–H and O–H groups in total. The van der Waals surface area contributed by atoms with Gasteiger partial charge in [-0.3, -0.25) is 4.79 Å². The monoisotopic (exact) mass is 334 g/mol. The van der Waals surface area contributed by atoms with Crippen molar-refractivity contribution in [2.24, 2.45) is 16.7 Å². The molecule has 0 heterocycles. The van der Waals surface area contributed by atoms with E-state index in [4.69, 9.17) is 9.47 Å². The first-order valence-corrected chi connectivity index (χ1v) is 8.67. The quantitative estimate of drug-likeness (QED) is 0.691. The molecule has 2 atom stereocenters. The molecule has 0 saturated heterocycles. The molecule has 1 aromatic carbocycles. The molecule has 136 valence electrons. The van der Waals surface area contributed by atoms with Crippen molar-refractivity contribution in [3.63, 3.8) is 0 Å². The minimum Gasteiger partial charge on any atom is -0.497 e. The summed E-state index contributed by atoms with van der Waals surface area (Å²) in [5, 5.41) is 0. The second kappa shape index (κ2) is 7.58. The molecule has 0 aliphatic heterocycles. The van der Waals surface area contributed by atoms with Gasteiger partial charge < -0.3 is 9.47 Å². The van der Waals surface area contributed by atoms with Crippen molar-refractivity contribution in [2.45, 2.75) is 60.8 Å². The zero-order chi connectivity index (χ0) is 18.7. The fourth-order valence-electron chi connectivity index (χ4n) is 2.79. The van der Waals surface area contributed by atoms with Gasteiger partial charge in [-0.05, 0) is 28.9 Å². The van der Waals surface area contributed by atoms with E-state index in [9.17, 15) is 4.79 Å². The Morgan fingerprint density at radius 3 is 2.04 bits per heavy atom. The molecule has 0 fully saturated rings. The lowest BCUT2D eigenvalue weighted by Crippen LogP contribution is -2.30. The van der Waals surface area contributed by atoms with Crippen LogP contribution in [0.1, 0.15) is 66.4 Å². The number of hydrogen-bond acceptors (Lipinski definition) is 3. The molecule has 1 aromatic rings. The van der Waals surface area contributed by atoms with Crippen LogP contribution in [-0.2, 0) is 4.79 Å². The minimum atomic E-state index is -0.338. The number of carbonyl (C=O) groups is 1. The van der Waals surface area contributed by atoms with Crippen molar-refractivity contribution in [3.8, 4) is 11.5 Å². The summed E-state index contributed by atoms with van der Waals surface area (Å²) in [5.74, 6) is 2.27. The predicted octanol–water partition coefficient (Wildman–Crippen LogP) is 5.47. The van der Waals surface area contributed by atoms with Crippen LogP contribution < -0.4 is 9.47 Å². The summed E-state index contributed by atoms with van der Waals surface area (Å²) in [6.45, 7) is 14.9. The van der Waals surface area contributed by atoms with Gasteiger partial charge in [0, 0.05) is 17.9 Å². The molecule has 0 spiro atoms. The molecule has 3 heteroatoms. The molecule has 24 heavy (non-hydrogen) atoms. The molecule has 0 bridgehead atoms. The first-order chi connectivity index (χ1) is 10.9. The van der Waals surface area contributed by atoms with Gasteiger partial charge in [0.25, 0.3) is 0 Å². The number of methoxy groups -OCH3 is 2. The average Bonchev–Trinajstić information content (AvgIpc) is 2.49. The maximum Gasteiger partial charge on any atom is 0.138 e. The van der Waals surface area contributed by atoms with Gasteiger partial charge in [0.05, 0.1) is 14.2 Å². The first-order valence-electron chi connectivity index (χ1n) is 8.67. The first kappa shape index (κ1) is 20.5. The van der Waals surface area contributed by atoms with Gasteiger partial charge in [0.15, 0.2) is 0 Å². The maximum absolute atomic E-state index is 12.7. The summed E-state index contributed by atoms with van der Waals surface area (Å²) in [6, 6.07) is 5.89. The van der Waals surface area contributed by atoms with Gasteiger partial charge in [-0.15, -0.1) is 0 Å². The number of hydrogen-bond donors (Lipinski definition) is 0. The van der Waals surface area contributed by atoms with Gasteiger partial charge in [-0.25, -0.2) is 0 Å². The van der Waals surface area contributed by atoms with E-state index in [1.807, 2.05) is 39.0 Å². The van der Waals surface area contributed by atoms with Crippen LogP contribution >= 0.6 is 0 Å². The Kier molecular flexibility index (Phi) is 6.49. The number of ether oxygens (including phenoxy) is 2. The van der Waals surface area contributed by atoms with Gasteiger partial charge in [0.1, 0.15) is 17.3 Å². The molecule has 0 aromatic heterocycles. The number of Topliss-reactive ketones (excluding diaryl/α,β-unsaturated/α-hetero) is 1. The molecular weight excluding hydrogens is 300 g/mol. The SMILES string of the molecule is COc1ccc([C@@H](CC(=O)C(C)(C)C)[C@H](C)C(C)(C)C)c(OC)c1. The van der Waals surface area contributed by atoms with E-state index in [1.165, 1.54) is 0 Å². The van der Waals surface area contributed by atoms with Crippen LogP contribution in [0.4, 0.5) is 0 Å². The zero-order valence-electron chi connectivity index (χ0n) is 16.8. The second-order valence-electron chi connectivity index (χ2n) is 8.75. The van der Waals surface area contributed by atoms with E-state index in [2.05, 4.69) is 27.7 Å². The molecule has 0 saturated carbocycles. The number of rotatable bonds is 6. The van der Waals surface area contributed by atoms with E-state index in [0.717, 1.165) is 17.1 Å². The smallest absolute Gasteiger partial charge is 0.138 e. The van der Waals surface area contributed by atoms with Gasteiger partial charge in [-0.1, -0.05) is 54.5 Å². The molecule has 0 amide bonds. The predicted molar refractivity (Wildman–Crippen MR) is 100.0 cm³/mol. The molecule has 0 aliphatic carbocycles. The number of carbonyl (C=O) groups excluding carboxylic acids is 1. The summed E-state index contributed by atoms with van der Waals surface area (Å²) in [7, 11) is 3.31. The Morgan fingerprint density at radius 1 is 1.04 bits per heavy atom. The van der Waals surface area contributed by atoms with Crippen LogP contribution in [0.3, 0.4) is 0 Å². The van der Waals surface area contributed by atoms with E-state index >= 15 is 0 Å². The maximum atomic E-state index is 12.7. The molecular formula is C21H34O3. The second-order valence-corrected chi connectivity index (χ2v) is 8.75. The Morgan fingerprint density at radius 2 is 1.62 bits per heavy atom. The lowest BCUT2D eigenvalue weighted by atomic mass is 9.68. The summed E-state index contributed by atoms with van der Waals surface area (Å²) in [4.78, 5) is 12.7. The van der Waals surface area contributed by atoms with Crippen LogP contribution in [-0.4, -0.2) is 20.0 Å². The minimum absolute atomic E-state index is 0.0910. The third-order valence-corrected chi connectivity index (χ3v) is 5.05. The number of ketones is 1. The van der Waals surface area contributed by atoms with Crippen LogP contribution in [0.5, 0.6) is 11.5 Å². The largest absolute Gasteiger partial charge is 0.497 e. The normalized spacial score (nSPS) is 14.9. The molecule has 1 rings (SSSR count). The Hall–Kier alpha value is -1.51. The van der Waals surface area contributed by atoms with E-state index in [0.29, 0.717) is 12.3 Å². The fourth-order valence-corrected chi connectivity index (χ4v) is 2.79. The lowest BCUT2D eigenvalue weighted by Gasteiger charge is -2.36. The highest BCUT2D eigenvalue weighted by molar-refractivity contribution is 5.84. The molecule has 0 aliphatic rings. The van der Waals surface area contributed by atoms with Crippen molar-refractivity contribution in [1.29, 1.82) is 0 Å². The van der Waals surface area contributed by atoms with Gasteiger partial charge >= 0.3 is 0 Å². The molecule has 0 radical (unpaired) electrons. The van der Waals surface area contributed by atoms with E-state index in [-0.39, 0.29) is 22.5 Å². The molecule has 3 nitrogen and oxygen atoms in total. The van der Waals surface area contributed by atoms with Crippen LogP contribution in [0, 0.1) is 16.7 Å². The highest BCUT2D eigenvalue weighted by atomic mass is 16.5. The number of benzene rings is 1. The van der Waals surface area contributed by atoms with Crippen molar-refractivity contribution in [1.82, 2.24) is 0 Å². The highest BCUT2D eigenvalue weighted by Gasteiger charge is 2.35. The van der Waals surface area contributed by atoms with Gasteiger partial charge in [0.2, 0.25) is 0 Å². The van der Waals surface area contributed by atoms with Crippen LogP contribution in [0.2, 0.25) is 0 Å². The van der Waals surface area contributed by atoms with E-state index in [1.54, 1.807) is 14.2 Å². The average molecular weight is 335 g/mol. The van der Waals surface area contributed by atoms with Crippen LogP contribution in [0.15, 0.2) is 18.2 Å². The topological polar surface area (TPSA) is 35.5 Å². The summed E-state index contributed by atoms with van der Waals surface area (Å²) >= 11 is 0. The Balaban J connectivity index is 3.35. The lowest BCUT2D eigenvalue weighted by molar-refractivity contribution is -0.127. The van der Waals surface area contributed by atoms with Gasteiger partial charge in [-0.2, -0.15) is 0 Å². The van der Waals surface area contributed by atoms with E-state index < -0.39 is 0 Å². The third kappa shape index (κ3) is 4.99. The summed E-state index contributed by atoms with van der Waals surface area (Å²) < 4.78 is 10.9. The standard InChI is InChI=1S/C21H34O3/c1-14(20(2,3)4)17(13-19(22)21(5,6)7)16-11-10-15(23-8)12-18(16)24-9/h10-12,14,17H,13H2,1-9H3/t14-,17-/m0/s1. The van der Waals surface area contributed by atoms with Crippen LogP contribution in [0.25, 0.3) is 0 Å². The van der Waals surface area contributed by atoms with Crippen molar-refractivity contribution < 1.29 is 14.3 Å². The zero-order valence-corrected chi connectivity index (χ0v) is 16.8. The van der Waals surface area contributed by atoms with Crippen molar-refractivity contribution >= 4 is 5.78 Å². The highest BCUT2D eigenvalue weighted by Crippen LogP contribution is 2.44. The fraction of sp³-hybridized carbons (Fsp3) is 0.667.